The molecule has 0 spiro atoms. The number of nitriles is 1. The molecule has 0 saturated carbocycles. The summed E-state index contributed by atoms with van der Waals surface area (Å²) in [5.74, 6) is 1.70. The van der Waals surface area contributed by atoms with Crippen LogP contribution >= 0.6 is 23.2 Å². The summed E-state index contributed by atoms with van der Waals surface area (Å²) >= 11 is 12.5. The summed E-state index contributed by atoms with van der Waals surface area (Å²) in [6, 6.07) is 8.46. The highest BCUT2D eigenvalue weighted by molar-refractivity contribution is 6.39. The lowest BCUT2D eigenvalue weighted by Crippen LogP contribution is -2.03. The van der Waals surface area contributed by atoms with Gasteiger partial charge in [-0.1, -0.05) is 23.2 Å². The van der Waals surface area contributed by atoms with Crippen molar-refractivity contribution in [2.24, 2.45) is 0 Å². The minimum absolute atomic E-state index is 0.292. The number of benzene rings is 1. The maximum Gasteiger partial charge on any atom is 0.137 e. The average Bonchev–Trinajstić information content (AvgIpc) is 2.70. The molecule has 0 bridgehead atoms. The van der Waals surface area contributed by atoms with E-state index in [1.807, 2.05) is 6.07 Å². The average molecular weight is 413 g/mol. The van der Waals surface area contributed by atoms with Gasteiger partial charge in [-0.05, 0) is 12.1 Å². The van der Waals surface area contributed by atoms with Crippen molar-refractivity contribution in [3.05, 3.63) is 58.0 Å². The molecule has 0 saturated heterocycles. The largest absolute Gasteiger partial charge is 0.373 e. The van der Waals surface area contributed by atoms with Gasteiger partial charge in [0.25, 0.3) is 0 Å². The van der Waals surface area contributed by atoms with Gasteiger partial charge < -0.3 is 21.4 Å². The monoisotopic (exact) mass is 412 g/mol. The molecule has 8 nitrogen and oxygen atoms in total. The summed E-state index contributed by atoms with van der Waals surface area (Å²) in [5, 5.41) is 26.3. The predicted octanol–water partition coefficient (Wildman–Crippen LogP) is 4.58. The quantitative estimate of drug-likeness (QED) is 0.437. The van der Waals surface area contributed by atoms with Crippen molar-refractivity contribution in [1.29, 1.82) is 10.7 Å². The van der Waals surface area contributed by atoms with E-state index < -0.39 is 0 Å². The third kappa shape index (κ3) is 4.28. The topological polar surface area (TPSA) is 122 Å². The lowest BCUT2D eigenvalue weighted by Gasteiger charge is -2.14. The van der Waals surface area contributed by atoms with Gasteiger partial charge in [-0.25, -0.2) is 15.0 Å². The van der Waals surface area contributed by atoms with Gasteiger partial charge in [-0.2, -0.15) is 5.26 Å². The molecule has 0 unspecified atom stereocenters. The number of nitrogens with zero attached hydrogens (tertiary/aromatic N) is 4. The summed E-state index contributed by atoms with van der Waals surface area (Å²) in [4.78, 5) is 12.5. The molecule has 28 heavy (non-hydrogen) atoms. The van der Waals surface area contributed by atoms with Gasteiger partial charge >= 0.3 is 0 Å². The van der Waals surface area contributed by atoms with Gasteiger partial charge in [0.2, 0.25) is 0 Å². The smallest absolute Gasteiger partial charge is 0.137 e. The summed E-state index contributed by atoms with van der Waals surface area (Å²) in [7, 11) is 1.76. The predicted molar refractivity (Wildman–Crippen MR) is 111 cm³/mol. The molecule has 140 valence electrons. The van der Waals surface area contributed by atoms with E-state index in [-0.39, 0.29) is 0 Å². The maximum atomic E-state index is 9.01. The Morgan fingerprint density at radius 2 is 1.68 bits per heavy atom. The van der Waals surface area contributed by atoms with Gasteiger partial charge in [0, 0.05) is 37.2 Å². The van der Waals surface area contributed by atoms with Crippen molar-refractivity contribution in [3.8, 4) is 6.07 Å². The summed E-state index contributed by atoms with van der Waals surface area (Å²) < 4.78 is 0. The van der Waals surface area contributed by atoms with Crippen molar-refractivity contribution >= 4 is 58.2 Å². The highest BCUT2D eigenvalue weighted by Crippen LogP contribution is 2.35. The molecule has 3 rings (SSSR count). The maximum absolute atomic E-state index is 9.01. The Morgan fingerprint density at radius 3 is 2.32 bits per heavy atom. The first-order valence-corrected chi connectivity index (χ1v) is 8.73. The third-order valence-electron chi connectivity index (χ3n) is 3.70. The molecular weight excluding hydrogens is 399 g/mol. The van der Waals surface area contributed by atoms with Gasteiger partial charge in [-0.3, -0.25) is 0 Å². The Morgan fingerprint density at radius 1 is 1.00 bits per heavy atom. The molecular formula is C18H14Cl2N8. The van der Waals surface area contributed by atoms with E-state index in [1.54, 1.807) is 19.2 Å². The molecule has 0 amide bonds. The van der Waals surface area contributed by atoms with Crippen LogP contribution < -0.4 is 16.0 Å². The SMILES string of the molecule is CNc1cc(Nc2cc(Nc3c(Cl)cc(C#N)cc3Cl)c(C=N)cn2)ncn1. The van der Waals surface area contributed by atoms with Crippen LogP contribution in [0.15, 0.2) is 36.8 Å². The second-order valence-corrected chi connectivity index (χ2v) is 6.33. The van der Waals surface area contributed by atoms with E-state index in [2.05, 4.69) is 30.9 Å². The van der Waals surface area contributed by atoms with Gasteiger partial charge in [0.15, 0.2) is 0 Å². The second-order valence-electron chi connectivity index (χ2n) is 5.52. The van der Waals surface area contributed by atoms with Crippen molar-refractivity contribution in [1.82, 2.24) is 15.0 Å². The highest BCUT2D eigenvalue weighted by Gasteiger charge is 2.12. The first-order chi connectivity index (χ1) is 13.5. The molecule has 0 radical (unpaired) electrons. The van der Waals surface area contributed by atoms with Crippen LogP contribution in [-0.2, 0) is 0 Å². The standard InChI is InChI=1S/C18H14Cl2N8/c1-23-15-5-17(26-9-25-15)28-16-4-14(11(7-22)8-24-16)27-18-12(19)2-10(6-21)3-13(18)20/h2-5,7-9,22H,1H3,(H3,23,24,25,26,27,28). The number of rotatable bonds is 6. The minimum atomic E-state index is 0.292. The van der Waals surface area contributed by atoms with E-state index >= 15 is 0 Å². The fraction of sp³-hybridized carbons (Fsp3) is 0.0556. The second kappa shape index (κ2) is 8.52. The molecule has 2 aromatic heterocycles. The zero-order valence-corrected chi connectivity index (χ0v) is 16.1. The Bertz CT molecular complexity index is 1050. The number of nitrogens with one attached hydrogen (secondary N) is 4. The van der Waals surface area contributed by atoms with Crippen LogP contribution in [-0.4, -0.2) is 28.2 Å². The van der Waals surface area contributed by atoms with Crippen molar-refractivity contribution in [2.45, 2.75) is 0 Å². The Labute approximate surface area is 171 Å². The van der Waals surface area contributed by atoms with Crippen molar-refractivity contribution < 1.29 is 0 Å². The van der Waals surface area contributed by atoms with Gasteiger partial charge in [0.1, 0.15) is 23.8 Å². The van der Waals surface area contributed by atoms with Crippen LogP contribution in [0, 0.1) is 16.7 Å². The highest BCUT2D eigenvalue weighted by atomic mass is 35.5. The van der Waals surface area contributed by atoms with Crippen LogP contribution in [0.4, 0.5) is 28.8 Å². The number of hydrogen-bond acceptors (Lipinski definition) is 8. The molecule has 0 fully saturated rings. The van der Waals surface area contributed by atoms with E-state index in [1.165, 1.54) is 24.7 Å². The van der Waals surface area contributed by atoms with Crippen LogP contribution in [0.3, 0.4) is 0 Å². The summed E-state index contributed by atoms with van der Waals surface area (Å²) in [6.45, 7) is 0. The Balaban J connectivity index is 1.94. The van der Waals surface area contributed by atoms with Crippen molar-refractivity contribution in [3.63, 3.8) is 0 Å². The molecule has 0 aliphatic rings. The number of pyridine rings is 1. The number of anilines is 5. The molecule has 1 aromatic carbocycles. The van der Waals surface area contributed by atoms with E-state index in [0.29, 0.717) is 50.0 Å². The Kier molecular flexibility index (Phi) is 5.89. The Hall–Kier alpha value is -3.41. The number of halogens is 2. The molecule has 10 heteroatoms. The molecule has 4 N–H and O–H groups in total. The van der Waals surface area contributed by atoms with E-state index in [4.69, 9.17) is 33.9 Å². The van der Waals surface area contributed by atoms with Crippen LogP contribution in [0.2, 0.25) is 10.0 Å². The zero-order chi connectivity index (χ0) is 20.1. The summed E-state index contributed by atoms with van der Waals surface area (Å²) in [5.41, 5.74) is 1.88. The van der Waals surface area contributed by atoms with Crippen LogP contribution in [0.25, 0.3) is 0 Å². The first kappa shape index (κ1) is 19.4. The lowest BCUT2D eigenvalue weighted by atomic mass is 10.2. The van der Waals surface area contributed by atoms with E-state index in [0.717, 1.165) is 6.21 Å². The van der Waals surface area contributed by atoms with Crippen molar-refractivity contribution in [2.75, 3.05) is 23.0 Å². The minimum Gasteiger partial charge on any atom is -0.373 e. The van der Waals surface area contributed by atoms with Crippen LogP contribution in [0.1, 0.15) is 11.1 Å². The van der Waals surface area contributed by atoms with Gasteiger partial charge in [0.05, 0.1) is 33.1 Å². The normalized spacial score (nSPS) is 10.1. The molecule has 0 aliphatic carbocycles. The summed E-state index contributed by atoms with van der Waals surface area (Å²) in [6.07, 6.45) is 4.12. The zero-order valence-electron chi connectivity index (χ0n) is 14.6. The lowest BCUT2D eigenvalue weighted by molar-refractivity contribution is 1.15. The number of aromatic nitrogens is 3. The van der Waals surface area contributed by atoms with Crippen LogP contribution in [0.5, 0.6) is 0 Å². The molecule has 3 aromatic rings. The molecule has 0 aliphatic heterocycles. The molecule has 0 atom stereocenters. The molecule has 2 heterocycles. The fourth-order valence-corrected chi connectivity index (χ4v) is 2.92. The van der Waals surface area contributed by atoms with Gasteiger partial charge in [-0.15, -0.1) is 0 Å². The number of hydrogen-bond donors (Lipinski definition) is 4. The fourth-order valence-electron chi connectivity index (χ4n) is 2.34. The first-order valence-electron chi connectivity index (χ1n) is 7.97. The third-order valence-corrected chi connectivity index (χ3v) is 4.30. The van der Waals surface area contributed by atoms with E-state index in [9.17, 15) is 0 Å².